The van der Waals surface area contributed by atoms with Crippen LogP contribution in [-0.2, 0) is 5.21 Å². The van der Waals surface area contributed by atoms with Crippen molar-refractivity contribution < 1.29 is 0 Å². The first-order valence-corrected chi connectivity index (χ1v) is 14.2. The Morgan fingerprint density at radius 3 is 1.22 bits per heavy atom. The third kappa shape index (κ3) is 3.74. The maximum atomic E-state index is 6.15. The van der Waals surface area contributed by atoms with E-state index in [1.807, 2.05) is 12.1 Å². The molecule has 0 saturated heterocycles. The van der Waals surface area contributed by atoms with Crippen molar-refractivity contribution in [1.82, 2.24) is 0 Å². The van der Waals surface area contributed by atoms with E-state index in [1.54, 1.807) is 0 Å². The summed E-state index contributed by atoms with van der Waals surface area (Å²) in [5.74, 6) is 0. The van der Waals surface area contributed by atoms with Gasteiger partial charge in [-0.25, -0.2) is 0 Å². The van der Waals surface area contributed by atoms with Gasteiger partial charge in [0.1, 0.15) is 0 Å². The van der Waals surface area contributed by atoms with Crippen LogP contribution in [0.25, 0.3) is 0 Å². The summed E-state index contributed by atoms with van der Waals surface area (Å²) in [4.78, 5) is 0. The Kier molecular flexibility index (Phi) is 5.48. The first kappa shape index (κ1) is 18.1. The fourth-order valence-corrected chi connectivity index (χ4v) is 14.0. The van der Waals surface area contributed by atoms with Gasteiger partial charge in [-0.1, -0.05) is 0 Å². The molecule has 134 valence electrons. The van der Waals surface area contributed by atoms with E-state index in [0.29, 0.717) is 0 Å². The van der Waals surface area contributed by atoms with Gasteiger partial charge in [-0.15, -0.1) is 0 Å². The maximum absolute atomic E-state index is 6.15. The number of rotatable bonds is 5. The van der Waals surface area contributed by atoms with Crippen LogP contribution in [0.2, 0.25) is 5.02 Å². The standard InChI is InChI=1S/C25H22AsCl/c27-25-18-16-21(17-19-25)20-26(22-10-4-1-5-11-22,23-12-6-2-7-13-23)24-14-8-3-9-15-24/h1-19,26H,20H2. The topological polar surface area (TPSA) is 0 Å². The van der Waals surface area contributed by atoms with Crippen molar-refractivity contribution >= 4 is 38.2 Å². The summed E-state index contributed by atoms with van der Waals surface area (Å²) in [5, 5.41) is 1.84. The van der Waals surface area contributed by atoms with E-state index in [2.05, 4.69) is 103 Å². The van der Waals surface area contributed by atoms with Gasteiger partial charge in [0.05, 0.1) is 0 Å². The zero-order chi connectivity index (χ0) is 18.5. The molecule has 0 amide bonds. The van der Waals surface area contributed by atoms with Crippen LogP contribution >= 0.6 is 11.6 Å². The molecule has 4 rings (SSSR count). The summed E-state index contributed by atoms with van der Waals surface area (Å²) >= 11 is 3.24. The van der Waals surface area contributed by atoms with Gasteiger partial charge in [-0.3, -0.25) is 0 Å². The molecule has 0 aromatic heterocycles. The molecule has 0 aliphatic heterocycles. The molecule has 0 saturated carbocycles. The average molecular weight is 433 g/mol. The van der Waals surface area contributed by atoms with E-state index in [0.717, 1.165) is 10.2 Å². The molecule has 0 aliphatic rings. The molecule has 2 heteroatoms. The second-order valence-electron chi connectivity index (χ2n) is 6.81. The predicted octanol–water partition coefficient (Wildman–Crippen LogP) is 4.32. The normalized spacial score (nSPS) is 11.9. The minimum atomic E-state index is -2.91. The molecule has 0 radical (unpaired) electrons. The molecule has 0 N–H and O–H groups in total. The summed E-state index contributed by atoms with van der Waals surface area (Å²) in [5.41, 5.74) is 1.34. The van der Waals surface area contributed by atoms with Gasteiger partial charge in [0, 0.05) is 0 Å². The Balaban J connectivity index is 1.98. The first-order chi connectivity index (χ1) is 13.3. The van der Waals surface area contributed by atoms with Crippen LogP contribution in [0.4, 0.5) is 0 Å². The molecule has 0 unspecified atom stereocenters. The van der Waals surface area contributed by atoms with Crippen LogP contribution in [0.15, 0.2) is 115 Å². The monoisotopic (exact) mass is 432 g/mol. The fraction of sp³-hybridized carbons (Fsp3) is 0.0400. The molecule has 4 aromatic carbocycles. The third-order valence-corrected chi connectivity index (χ3v) is 15.7. The number of hydrogen-bond donors (Lipinski definition) is 0. The molecule has 4 aromatic rings. The molecule has 0 bridgehead atoms. The molecule has 0 fully saturated rings. The number of hydrogen-bond acceptors (Lipinski definition) is 0. The van der Waals surface area contributed by atoms with E-state index in [1.165, 1.54) is 18.6 Å². The van der Waals surface area contributed by atoms with Crippen LogP contribution in [-0.4, -0.2) is 13.6 Å². The van der Waals surface area contributed by atoms with Crippen LogP contribution in [0.5, 0.6) is 0 Å². The minimum absolute atomic E-state index is 0.788. The van der Waals surface area contributed by atoms with Crippen molar-refractivity contribution in [3.8, 4) is 0 Å². The van der Waals surface area contributed by atoms with Crippen LogP contribution < -0.4 is 13.1 Å². The summed E-state index contributed by atoms with van der Waals surface area (Å²) in [6.45, 7) is 0. The van der Waals surface area contributed by atoms with Crippen molar-refractivity contribution in [3.63, 3.8) is 0 Å². The average Bonchev–Trinajstić information content (AvgIpc) is 2.75. The predicted molar refractivity (Wildman–Crippen MR) is 121 cm³/mol. The third-order valence-electron chi connectivity index (χ3n) is 5.18. The Hall–Kier alpha value is -2.27. The molecule has 0 heterocycles. The van der Waals surface area contributed by atoms with Crippen molar-refractivity contribution in [3.05, 3.63) is 126 Å². The summed E-state index contributed by atoms with van der Waals surface area (Å²) in [7, 11) is 0. The van der Waals surface area contributed by atoms with E-state index < -0.39 is 13.6 Å². The second-order valence-corrected chi connectivity index (χ2v) is 15.4. The van der Waals surface area contributed by atoms with E-state index >= 15 is 0 Å². The Morgan fingerprint density at radius 1 is 0.481 bits per heavy atom. The Bertz CT molecular complexity index is 884. The van der Waals surface area contributed by atoms with Gasteiger partial charge in [-0.05, 0) is 0 Å². The number of halogens is 1. The summed E-state index contributed by atoms with van der Waals surface area (Å²) in [6, 6.07) is 41.6. The van der Waals surface area contributed by atoms with Gasteiger partial charge in [0.2, 0.25) is 0 Å². The molecule has 0 nitrogen and oxygen atoms in total. The van der Waals surface area contributed by atoms with Crippen molar-refractivity contribution in [2.45, 2.75) is 5.21 Å². The molecule has 0 atom stereocenters. The quantitative estimate of drug-likeness (QED) is 0.412. The van der Waals surface area contributed by atoms with Gasteiger partial charge >= 0.3 is 169 Å². The molecular weight excluding hydrogens is 411 g/mol. The first-order valence-electron chi connectivity index (χ1n) is 9.20. The van der Waals surface area contributed by atoms with Crippen molar-refractivity contribution in [2.24, 2.45) is 0 Å². The van der Waals surface area contributed by atoms with Crippen LogP contribution in [0.3, 0.4) is 0 Å². The Labute approximate surface area is 168 Å². The van der Waals surface area contributed by atoms with E-state index in [9.17, 15) is 0 Å². The zero-order valence-corrected chi connectivity index (χ0v) is 17.9. The fourth-order valence-electron chi connectivity index (χ4n) is 3.88. The Morgan fingerprint density at radius 2 is 0.852 bits per heavy atom. The van der Waals surface area contributed by atoms with Gasteiger partial charge in [0.25, 0.3) is 0 Å². The van der Waals surface area contributed by atoms with Gasteiger partial charge in [-0.2, -0.15) is 0 Å². The van der Waals surface area contributed by atoms with Gasteiger partial charge < -0.3 is 0 Å². The molecule has 0 spiro atoms. The zero-order valence-electron chi connectivity index (χ0n) is 15.1. The molecule has 27 heavy (non-hydrogen) atoms. The molecule has 0 aliphatic carbocycles. The summed E-state index contributed by atoms with van der Waals surface area (Å²) < 4.78 is 4.43. The van der Waals surface area contributed by atoms with Gasteiger partial charge in [0.15, 0.2) is 0 Å². The molecular formula is C25H22AsCl. The van der Waals surface area contributed by atoms with Crippen LogP contribution in [0.1, 0.15) is 5.56 Å². The van der Waals surface area contributed by atoms with Crippen molar-refractivity contribution in [2.75, 3.05) is 0 Å². The summed E-state index contributed by atoms with van der Waals surface area (Å²) in [6.07, 6.45) is 0. The van der Waals surface area contributed by atoms with Crippen molar-refractivity contribution in [1.29, 1.82) is 0 Å². The SMILES string of the molecule is Clc1ccc(C[AsH](c2ccccc2)(c2ccccc2)c2ccccc2)cc1. The second kappa shape index (κ2) is 8.17. The number of benzene rings is 4. The van der Waals surface area contributed by atoms with E-state index in [4.69, 9.17) is 11.6 Å². The van der Waals surface area contributed by atoms with E-state index in [-0.39, 0.29) is 0 Å². The van der Waals surface area contributed by atoms with Crippen LogP contribution in [0, 0.1) is 0 Å².